The summed E-state index contributed by atoms with van der Waals surface area (Å²) in [5.41, 5.74) is 5.56. The van der Waals surface area contributed by atoms with Crippen molar-refractivity contribution in [2.75, 3.05) is 18.9 Å². The lowest BCUT2D eigenvalue weighted by atomic mass is 10.1. The van der Waals surface area contributed by atoms with Crippen molar-refractivity contribution in [1.29, 1.82) is 0 Å². The molecule has 0 aromatic rings. The Labute approximate surface area is 165 Å². The normalized spacial score (nSPS) is 19.4. The van der Waals surface area contributed by atoms with Crippen LogP contribution in [0.2, 0.25) is 0 Å². The molecule has 1 aliphatic heterocycles. The average Bonchev–Trinajstić information content (AvgIpc) is 3.11. The van der Waals surface area contributed by atoms with Gasteiger partial charge in [-0.2, -0.15) is 12.6 Å². The first-order valence-corrected chi connectivity index (χ1v) is 9.08. The third-order valence-electron chi connectivity index (χ3n) is 4.16. The van der Waals surface area contributed by atoms with Crippen LogP contribution >= 0.6 is 12.6 Å². The highest BCUT2D eigenvalue weighted by molar-refractivity contribution is 7.80. The molecule has 0 aromatic carbocycles. The number of carboxylic acids is 2. The number of aliphatic hydroxyl groups is 1. The Balaban J connectivity index is 2.77. The van der Waals surface area contributed by atoms with Crippen LogP contribution in [0.15, 0.2) is 0 Å². The van der Waals surface area contributed by atoms with E-state index >= 15 is 0 Å². The van der Waals surface area contributed by atoms with Crippen molar-refractivity contribution in [3.8, 4) is 0 Å². The lowest BCUT2D eigenvalue weighted by molar-refractivity contribution is -0.144. The maximum absolute atomic E-state index is 12.5. The number of aliphatic carboxylic acids is 2. The third-order valence-corrected chi connectivity index (χ3v) is 4.53. The van der Waals surface area contributed by atoms with Gasteiger partial charge in [0, 0.05) is 12.3 Å². The smallest absolute Gasteiger partial charge is 0.327 e. The molecule has 3 amide bonds. The van der Waals surface area contributed by atoms with E-state index in [1.165, 1.54) is 0 Å². The first kappa shape index (κ1) is 23.7. The maximum Gasteiger partial charge on any atom is 0.327 e. The van der Waals surface area contributed by atoms with Gasteiger partial charge in [0.25, 0.3) is 0 Å². The van der Waals surface area contributed by atoms with Crippen LogP contribution in [0.1, 0.15) is 19.3 Å². The summed E-state index contributed by atoms with van der Waals surface area (Å²) >= 11 is 3.80. The Hall–Kier alpha value is -2.38. The van der Waals surface area contributed by atoms with Crippen molar-refractivity contribution in [2.45, 2.75) is 43.4 Å². The molecular weight excluding hydrogens is 396 g/mol. The molecule has 0 spiro atoms. The quantitative estimate of drug-likeness (QED) is 0.177. The lowest BCUT2D eigenvalue weighted by Gasteiger charge is -2.27. The summed E-state index contributed by atoms with van der Waals surface area (Å²) in [4.78, 5) is 59.7. The van der Waals surface area contributed by atoms with E-state index in [1.54, 1.807) is 0 Å². The SMILES string of the molecule is NC(CC(=O)O)C(=O)N1CCCC1C(=O)NC(CO)C(=O)NC(CS)C(=O)O. The van der Waals surface area contributed by atoms with Crippen molar-refractivity contribution < 1.29 is 39.3 Å². The fraction of sp³-hybridized carbons (Fsp3) is 0.667. The largest absolute Gasteiger partial charge is 0.481 e. The summed E-state index contributed by atoms with van der Waals surface area (Å²) in [5, 5.41) is 31.4. The number of thiol groups is 1. The Morgan fingerprint density at radius 1 is 1.14 bits per heavy atom. The standard InChI is InChI=1S/C15H24N4O8S/c16-7(4-11(21)22)14(25)19-3-1-2-10(19)13(24)17-8(5-20)12(23)18-9(6-28)15(26)27/h7-10,20,28H,1-6,16H2,(H,17,24)(H,18,23)(H,21,22)(H,26,27). The van der Waals surface area contributed by atoms with Crippen LogP contribution in [0, 0.1) is 0 Å². The zero-order chi connectivity index (χ0) is 21.4. The molecule has 13 heteroatoms. The van der Waals surface area contributed by atoms with Gasteiger partial charge < -0.3 is 36.6 Å². The molecule has 0 bridgehead atoms. The molecule has 1 saturated heterocycles. The summed E-state index contributed by atoms with van der Waals surface area (Å²) in [6.45, 7) is -0.601. The number of rotatable bonds is 10. The van der Waals surface area contributed by atoms with E-state index in [2.05, 4.69) is 23.3 Å². The van der Waals surface area contributed by atoms with Gasteiger partial charge in [-0.05, 0) is 12.8 Å². The zero-order valence-electron chi connectivity index (χ0n) is 14.9. The number of hydrogen-bond acceptors (Lipinski definition) is 8. The van der Waals surface area contributed by atoms with E-state index in [1.807, 2.05) is 0 Å². The number of nitrogens with two attached hydrogens (primary N) is 1. The van der Waals surface area contributed by atoms with Gasteiger partial charge >= 0.3 is 11.9 Å². The van der Waals surface area contributed by atoms with Crippen molar-refractivity contribution in [3.63, 3.8) is 0 Å². The summed E-state index contributed by atoms with van der Waals surface area (Å²) in [6.07, 6.45) is 0.150. The third kappa shape index (κ3) is 6.35. The molecule has 28 heavy (non-hydrogen) atoms. The molecule has 0 aromatic heterocycles. The summed E-state index contributed by atoms with van der Waals surface area (Å²) in [6, 6.07) is -5.02. The van der Waals surface area contributed by atoms with Gasteiger partial charge in [-0.15, -0.1) is 0 Å². The Morgan fingerprint density at radius 2 is 1.79 bits per heavy atom. The van der Waals surface area contributed by atoms with Crippen molar-refractivity contribution >= 4 is 42.3 Å². The van der Waals surface area contributed by atoms with Crippen LogP contribution < -0.4 is 16.4 Å². The monoisotopic (exact) mass is 420 g/mol. The first-order valence-electron chi connectivity index (χ1n) is 8.45. The van der Waals surface area contributed by atoms with Crippen molar-refractivity contribution in [1.82, 2.24) is 15.5 Å². The Kier molecular flexibility index (Phi) is 9.15. The van der Waals surface area contributed by atoms with Gasteiger partial charge in [0.2, 0.25) is 17.7 Å². The number of aliphatic hydroxyl groups excluding tert-OH is 1. The number of carbonyl (C=O) groups is 5. The van der Waals surface area contributed by atoms with Crippen LogP contribution in [0.25, 0.3) is 0 Å². The molecule has 0 radical (unpaired) electrons. The van der Waals surface area contributed by atoms with Gasteiger partial charge in [0.05, 0.1) is 19.1 Å². The molecular formula is C15H24N4O8S. The number of hydrogen-bond donors (Lipinski definition) is 7. The topological polar surface area (TPSA) is 199 Å². The predicted octanol–water partition coefficient (Wildman–Crippen LogP) is -3.24. The van der Waals surface area contributed by atoms with Crippen LogP contribution in [-0.2, 0) is 24.0 Å². The second-order valence-corrected chi connectivity index (χ2v) is 6.58. The number of nitrogens with zero attached hydrogens (tertiary/aromatic N) is 1. The number of amides is 3. The molecule has 1 rings (SSSR count). The number of likely N-dealkylation sites (tertiary alicyclic amines) is 1. The molecule has 0 saturated carbocycles. The second-order valence-electron chi connectivity index (χ2n) is 6.22. The molecule has 1 aliphatic rings. The zero-order valence-corrected chi connectivity index (χ0v) is 15.8. The number of carbonyl (C=O) groups excluding carboxylic acids is 3. The molecule has 1 fully saturated rings. The fourth-order valence-electron chi connectivity index (χ4n) is 2.71. The van der Waals surface area contributed by atoms with Crippen LogP contribution in [0.4, 0.5) is 0 Å². The number of nitrogens with one attached hydrogen (secondary N) is 2. The van der Waals surface area contributed by atoms with E-state index in [9.17, 15) is 29.1 Å². The van der Waals surface area contributed by atoms with Crippen LogP contribution in [-0.4, -0.2) is 93.0 Å². The van der Waals surface area contributed by atoms with E-state index < -0.39 is 66.9 Å². The highest BCUT2D eigenvalue weighted by atomic mass is 32.1. The van der Waals surface area contributed by atoms with E-state index in [4.69, 9.17) is 15.9 Å². The van der Waals surface area contributed by atoms with Crippen LogP contribution in [0.5, 0.6) is 0 Å². The van der Waals surface area contributed by atoms with Gasteiger partial charge in [0.15, 0.2) is 0 Å². The number of carboxylic acid groups (broad SMARTS) is 2. The van der Waals surface area contributed by atoms with E-state index in [0.717, 1.165) is 4.90 Å². The molecule has 1 heterocycles. The highest BCUT2D eigenvalue weighted by Crippen LogP contribution is 2.19. The average molecular weight is 420 g/mol. The first-order chi connectivity index (χ1) is 13.1. The van der Waals surface area contributed by atoms with Gasteiger partial charge in [-0.25, -0.2) is 4.79 Å². The molecule has 4 atom stereocenters. The summed E-state index contributed by atoms with van der Waals surface area (Å²) in [7, 11) is 0. The van der Waals surface area contributed by atoms with Gasteiger partial charge in [-0.3, -0.25) is 19.2 Å². The fourth-order valence-corrected chi connectivity index (χ4v) is 2.96. The molecule has 158 valence electrons. The van der Waals surface area contributed by atoms with E-state index in [-0.39, 0.29) is 18.7 Å². The molecule has 0 aliphatic carbocycles. The Morgan fingerprint density at radius 3 is 2.29 bits per heavy atom. The predicted molar refractivity (Wildman–Crippen MR) is 97.4 cm³/mol. The van der Waals surface area contributed by atoms with Gasteiger partial charge in [0.1, 0.15) is 18.1 Å². The minimum absolute atomic E-state index is 0.195. The highest BCUT2D eigenvalue weighted by Gasteiger charge is 2.38. The molecule has 7 N–H and O–H groups in total. The van der Waals surface area contributed by atoms with Crippen molar-refractivity contribution in [3.05, 3.63) is 0 Å². The maximum atomic E-state index is 12.5. The minimum Gasteiger partial charge on any atom is -0.481 e. The summed E-state index contributed by atoms with van der Waals surface area (Å²) < 4.78 is 0. The second kappa shape index (κ2) is 10.8. The van der Waals surface area contributed by atoms with Gasteiger partial charge in [-0.1, -0.05) is 0 Å². The molecule has 12 nitrogen and oxygen atoms in total. The van der Waals surface area contributed by atoms with Crippen molar-refractivity contribution in [2.24, 2.45) is 5.73 Å². The summed E-state index contributed by atoms with van der Waals surface area (Å²) in [5.74, 6) is -5.14. The van der Waals surface area contributed by atoms with E-state index in [0.29, 0.717) is 6.42 Å². The lowest BCUT2D eigenvalue weighted by Crippen LogP contribution is -2.58. The van der Waals surface area contributed by atoms with Crippen LogP contribution in [0.3, 0.4) is 0 Å². The Bertz CT molecular complexity index is 631. The minimum atomic E-state index is -1.43. The molecule has 4 unspecified atom stereocenters.